The first-order valence-electron chi connectivity index (χ1n) is 9.09. The number of nitrogens with zero attached hydrogens (tertiary/aromatic N) is 1. The highest BCUT2D eigenvalue weighted by atomic mass is 32.2. The van der Waals surface area contributed by atoms with E-state index in [1.54, 1.807) is 7.11 Å². The van der Waals surface area contributed by atoms with Crippen LogP contribution < -0.4 is 15.4 Å². The van der Waals surface area contributed by atoms with Gasteiger partial charge in [-0.1, -0.05) is 12.1 Å². The predicted octanol–water partition coefficient (Wildman–Crippen LogP) is 1.32. The highest BCUT2D eigenvalue weighted by Gasteiger charge is 2.29. The maximum absolute atomic E-state index is 12.2. The summed E-state index contributed by atoms with van der Waals surface area (Å²) in [5.74, 6) is 0.997. The van der Waals surface area contributed by atoms with Crippen LogP contribution in [0.25, 0.3) is 0 Å². The molecule has 2 amide bonds. The molecule has 2 heterocycles. The van der Waals surface area contributed by atoms with Crippen LogP contribution in [-0.2, 0) is 9.84 Å². The van der Waals surface area contributed by atoms with Gasteiger partial charge in [-0.3, -0.25) is 4.90 Å². The van der Waals surface area contributed by atoms with Gasteiger partial charge in [0.25, 0.3) is 0 Å². The van der Waals surface area contributed by atoms with E-state index < -0.39 is 9.84 Å². The number of likely N-dealkylation sites (tertiary alicyclic amines) is 1. The molecule has 7 nitrogen and oxygen atoms in total. The molecule has 0 spiro atoms. The van der Waals surface area contributed by atoms with Gasteiger partial charge in [-0.15, -0.1) is 0 Å². The molecule has 2 N–H and O–H groups in total. The number of ether oxygens (including phenoxy) is 1. The van der Waals surface area contributed by atoms with E-state index in [4.69, 9.17) is 4.74 Å². The average Bonchev–Trinajstić information content (AvgIpc) is 3.25. The molecule has 0 bridgehead atoms. The molecule has 144 valence electrons. The van der Waals surface area contributed by atoms with Gasteiger partial charge >= 0.3 is 6.03 Å². The summed E-state index contributed by atoms with van der Waals surface area (Å²) >= 11 is 0. The van der Waals surface area contributed by atoms with Crippen molar-refractivity contribution in [1.29, 1.82) is 0 Å². The third kappa shape index (κ3) is 4.88. The number of carbonyl (C=O) groups is 1. The maximum Gasteiger partial charge on any atom is 0.315 e. The molecule has 8 heteroatoms. The van der Waals surface area contributed by atoms with Crippen molar-refractivity contribution in [3.63, 3.8) is 0 Å². The summed E-state index contributed by atoms with van der Waals surface area (Å²) in [5.41, 5.74) is 1.14. The number of hydrogen-bond acceptors (Lipinski definition) is 5. The zero-order valence-corrected chi connectivity index (χ0v) is 15.9. The number of amides is 2. The molecule has 2 aliphatic rings. The fourth-order valence-electron chi connectivity index (χ4n) is 3.67. The van der Waals surface area contributed by atoms with Crippen molar-refractivity contribution in [2.24, 2.45) is 0 Å². The van der Waals surface area contributed by atoms with Crippen LogP contribution in [-0.4, -0.2) is 63.6 Å². The first-order chi connectivity index (χ1) is 12.5. The Kier molecular flexibility index (Phi) is 6.03. The molecule has 0 aliphatic carbocycles. The van der Waals surface area contributed by atoms with E-state index in [0.717, 1.165) is 24.4 Å². The van der Waals surface area contributed by atoms with Crippen LogP contribution in [0.4, 0.5) is 4.79 Å². The van der Waals surface area contributed by atoms with E-state index in [-0.39, 0.29) is 29.6 Å². The lowest BCUT2D eigenvalue weighted by atomic mass is 10.1. The number of methoxy groups -OCH3 is 1. The van der Waals surface area contributed by atoms with Crippen molar-refractivity contribution < 1.29 is 17.9 Å². The minimum Gasteiger partial charge on any atom is -0.497 e. The van der Waals surface area contributed by atoms with Gasteiger partial charge in [0, 0.05) is 12.6 Å². The molecular weight excluding hydrogens is 354 g/mol. The summed E-state index contributed by atoms with van der Waals surface area (Å²) in [4.78, 5) is 14.6. The Morgan fingerprint density at radius 2 is 1.96 bits per heavy atom. The largest absolute Gasteiger partial charge is 0.497 e. The van der Waals surface area contributed by atoms with E-state index in [0.29, 0.717) is 13.0 Å². The van der Waals surface area contributed by atoms with E-state index in [1.807, 2.05) is 24.3 Å². The third-order valence-corrected chi connectivity index (χ3v) is 6.87. The van der Waals surface area contributed by atoms with Gasteiger partial charge in [0.2, 0.25) is 0 Å². The standard InChI is InChI=1S/C18H27N3O4S/c1-25-16-6-4-14(5-7-16)17(21-9-2-3-10-21)12-19-18(22)20-15-8-11-26(23,24)13-15/h4-7,15,17H,2-3,8-13H2,1H3,(H2,19,20,22)/t15-,17-/m0/s1. The number of nitrogens with one attached hydrogen (secondary N) is 2. The normalized spacial score (nSPS) is 23.5. The quantitative estimate of drug-likeness (QED) is 0.776. The van der Waals surface area contributed by atoms with Crippen LogP contribution in [0.15, 0.2) is 24.3 Å². The van der Waals surface area contributed by atoms with Crippen molar-refractivity contribution in [2.45, 2.75) is 31.3 Å². The molecular formula is C18H27N3O4S. The van der Waals surface area contributed by atoms with Gasteiger partial charge < -0.3 is 15.4 Å². The second-order valence-corrected chi connectivity index (χ2v) is 9.22. The Bertz CT molecular complexity index is 714. The summed E-state index contributed by atoms with van der Waals surface area (Å²) in [6.45, 7) is 2.51. The monoisotopic (exact) mass is 381 g/mol. The lowest BCUT2D eigenvalue weighted by Crippen LogP contribution is -2.45. The minimum atomic E-state index is -3.00. The highest BCUT2D eigenvalue weighted by molar-refractivity contribution is 7.91. The fourth-order valence-corrected chi connectivity index (χ4v) is 5.35. The molecule has 0 radical (unpaired) electrons. The van der Waals surface area contributed by atoms with Gasteiger partial charge in [-0.25, -0.2) is 13.2 Å². The lowest BCUT2D eigenvalue weighted by Gasteiger charge is -2.28. The van der Waals surface area contributed by atoms with Crippen molar-refractivity contribution in [3.8, 4) is 5.75 Å². The maximum atomic E-state index is 12.2. The van der Waals surface area contributed by atoms with E-state index in [1.165, 1.54) is 12.8 Å². The molecule has 0 unspecified atom stereocenters. The minimum absolute atomic E-state index is 0.0362. The molecule has 2 aliphatic heterocycles. The predicted molar refractivity (Wildman–Crippen MR) is 100 cm³/mol. The number of rotatable bonds is 6. The van der Waals surface area contributed by atoms with Crippen LogP contribution in [0.3, 0.4) is 0 Å². The van der Waals surface area contributed by atoms with E-state index in [2.05, 4.69) is 15.5 Å². The van der Waals surface area contributed by atoms with Crippen molar-refractivity contribution in [3.05, 3.63) is 29.8 Å². The van der Waals surface area contributed by atoms with Gasteiger partial charge in [0.15, 0.2) is 9.84 Å². The Morgan fingerprint density at radius 3 is 2.54 bits per heavy atom. The topological polar surface area (TPSA) is 87.7 Å². The highest BCUT2D eigenvalue weighted by Crippen LogP contribution is 2.26. The molecule has 1 aromatic carbocycles. The van der Waals surface area contributed by atoms with E-state index in [9.17, 15) is 13.2 Å². The third-order valence-electron chi connectivity index (χ3n) is 5.11. The zero-order chi connectivity index (χ0) is 18.6. The molecule has 2 atom stereocenters. The second kappa shape index (κ2) is 8.26. The van der Waals surface area contributed by atoms with Crippen LogP contribution in [0.5, 0.6) is 5.75 Å². The second-order valence-electron chi connectivity index (χ2n) is 6.99. The molecule has 1 aromatic rings. The molecule has 2 saturated heterocycles. The number of urea groups is 1. The SMILES string of the molecule is COc1ccc([C@H](CNC(=O)N[C@H]2CCS(=O)(=O)C2)N2CCCC2)cc1. The molecule has 2 fully saturated rings. The molecule has 26 heavy (non-hydrogen) atoms. The number of carbonyl (C=O) groups excluding carboxylic acids is 1. The molecule has 0 aromatic heterocycles. The zero-order valence-electron chi connectivity index (χ0n) is 15.1. The Hall–Kier alpha value is -1.80. The average molecular weight is 381 g/mol. The Labute approximate surface area is 155 Å². The van der Waals surface area contributed by atoms with Crippen molar-refractivity contribution >= 4 is 15.9 Å². The summed E-state index contributed by atoms with van der Waals surface area (Å²) in [6, 6.07) is 7.44. The summed E-state index contributed by atoms with van der Waals surface area (Å²) in [6.07, 6.45) is 2.82. The first-order valence-corrected chi connectivity index (χ1v) is 10.9. The summed E-state index contributed by atoms with van der Waals surface area (Å²) in [5, 5.41) is 5.71. The lowest BCUT2D eigenvalue weighted by molar-refractivity contribution is 0.219. The van der Waals surface area contributed by atoms with Gasteiger partial charge in [-0.05, 0) is 50.0 Å². The van der Waals surface area contributed by atoms with Crippen molar-refractivity contribution in [1.82, 2.24) is 15.5 Å². The molecule has 3 rings (SSSR count). The van der Waals surface area contributed by atoms with Gasteiger partial charge in [0.1, 0.15) is 5.75 Å². The fraction of sp³-hybridized carbons (Fsp3) is 0.611. The van der Waals surface area contributed by atoms with Gasteiger partial charge in [-0.2, -0.15) is 0 Å². The van der Waals surface area contributed by atoms with Crippen LogP contribution in [0.1, 0.15) is 30.9 Å². The van der Waals surface area contributed by atoms with Crippen LogP contribution >= 0.6 is 0 Å². The summed E-state index contributed by atoms with van der Waals surface area (Å²) in [7, 11) is -1.36. The smallest absolute Gasteiger partial charge is 0.315 e. The molecule has 0 saturated carbocycles. The number of benzene rings is 1. The number of sulfone groups is 1. The number of hydrogen-bond donors (Lipinski definition) is 2. The van der Waals surface area contributed by atoms with Crippen LogP contribution in [0, 0.1) is 0 Å². The Morgan fingerprint density at radius 1 is 1.27 bits per heavy atom. The van der Waals surface area contributed by atoms with Gasteiger partial charge in [0.05, 0.1) is 24.7 Å². The van der Waals surface area contributed by atoms with Crippen LogP contribution in [0.2, 0.25) is 0 Å². The first kappa shape index (κ1) is 19.0. The summed E-state index contributed by atoms with van der Waals surface area (Å²) < 4.78 is 28.2. The van der Waals surface area contributed by atoms with E-state index >= 15 is 0 Å². The van der Waals surface area contributed by atoms with Crippen molar-refractivity contribution in [2.75, 3.05) is 38.2 Å². The Balaban J connectivity index is 1.59.